The van der Waals surface area contributed by atoms with Gasteiger partial charge >= 0.3 is 5.97 Å². The predicted molar refractivity (Wildman–Crippen MR) is 71.2 cm³/mol. The number of carbonyl (C=O) groups excluding carboxylic acids is 1. The fraction of sp³-hybridized carbons (Fsp3) is 0.429. The van der Waals surface area contributed by atoms with Crippen molar-refractivity contribution < 1.29 is 9.53 Å². The van der Waals surface area contributed by atoms with Crippen LogP contribution in [0.15, 0.2) is 18.2 Å². The SMILES string of the molecule is COC(=O)c1nc(C2CCCN2)n2c(C)cccc12. The Morgan fingerprint density at radius 1 is 1.53 bits per heavy atom. The first-order valence-corrected chi connectivity index (χ1v) is 6.52. The molecule has 0 spiro atoms. The largest absolute Gasteiger partial charge is 0.464 e. The number of imidazole rings is 1. The van der Waals surface area contributed by atoms with Crippen molar-refractivity contribution in [3.63, 3.8) is 0 Å². The number of methoxy groups -OCH3 is 1. The second-order valence-corrected chi connectivity index (χ2v) is 4.85. The maximum Gasteiger partial charge on any atom is 0.358 e. The zero-order chi connectivity index (χ0) is 13.4. The van der Waals surface area contributed by atoms with Gasteiger partial charge in [0.2, 0.25) is 0 Å². The standard InChI is InChI=1S/C14H17N3O2/c1-9-5-3-7-11-12(14(18)19-2)16-13(17(9)11)10-6-4-8-15-10/h3,5,7,10,15H,4,6,8H2,1-2H3. The van der Waals surface area contributed by atoms with Crippen LogP contribution in [-0.4, -0.2) is 29.0 Å². The number of carbonyl (C=O) groups is 1. The van der Waals surface area contributed by atoms with Gasteiger partial charge in [-0.2, -0.15) is 0 Å². The molecule has 0 bridgehead atoms. The van der Waals surface area contributed by atoms with Crippen LogP contribution < -0.4 is 5.32 Å². The summed E-state index contributed by atoms with van der Waals surface area (Å²) in [5, 5.41) is 3.43. The van der Waals surface area contributed by atoms with E-state index in [-0.39, 0.29) is 12.0 Å². The monoisotopic (exact) mass is 259 g/mol. The van der Waals surface area contributed by atoms with Crippen LogP contribution in [0.1, 0.15) is 40.9 Å². The van der Waals surface area contributed by atoms with E-state index in [4.69, 9.17) is 4.74 Å². The summed E-state index contributed by atoms with van der Waals surface area (Å²) >= 11 is 0. The minimum absolute atomic E-state index is 0.215. The van der Waals surface area contributed by atoms with Gasteiger partial charge in [-0.05, 0) is 38.4 Å². The number of rotatable bonds is 2. The van der Waals surface area contributed by atoms with Crippen LogP contribution in [0.2, 0.25) is 0 Å². The fourth-order valence-corrected chi connectivity index (χ4v) is 2.71. The van der Waals surface area contributed by atoms with E-state index >= 15 is 0 Å². The molecule has 0 aliphatic carbocycles. The highest BCUT2D eigenvalue weighted by molar-refractivity contribution is 5.95. The Morgan fingerprint density at radius 2 is 2.37 bits per heavy atom. The quantitative estimate of drug-likeness (QED) is 0.836. The highest BCUT2D eigenvalue weighted by Gasteiger charge is 2.26. The molecule has 5 heteroatoms. The Kier molecular flexibility index (Phi) is 2.98. The summed E-state index contributed by atoms with van der Waals surface area (Å²) in [6, 6.07) is 6.08. The van der Waals surface area contributed by atoms with Crippen LogP contribution in [0.3, 0.4) is 0 Å². The Hall–Kier alpha value is -1.88. The average Bonchev–Trinajstić information content (AvgIpc) is 3.05. The maximum absolute atomic E-state index is 11.8. The van der Waals surface area contributed by atoms with E-state index in [1.165, 1.54) is 7.11 Å². The molecular formula is C14H17N3O2. The van der Waals surface area contributed by atoms with E-state index in [1.54, 1.807) is 0 Å². The Morgan fingerprint density at radius 3 is 3.05 bits per heavy atom. The minimum atomic E-state index is -0.382. The van der Waals surface area contributed by atoms with Gasteiger partial charge in [0.15, 0.2) is 5.69 Å². The summed E-state index contributed by atoms with van der Waals surface area (Å²) in [7, 11) is 1.39. The molecule has 2 aromatic heterocycles. The van der Waals surface area contributed by atoms with Crippen molar-refractivity contribution in [3.05, 3.63) is 35.4 Å². The average molecular weight is 259 g/mol. The first kappa shape index (κ1) is 12.2. The van der Waals surface area contributed by atoms with E-state index in [9.17, 15) is 4.79 Å². The van der Waals surface area contributed by atoms with E-state index in [0.717, 1.165) is 36.4 Å². The van der Waals surface area contributed by atoms with Crippen molar-refractivity contribution in [2.75, 3.05) is 13.7 Å². The topological polar surface area (TPSA) is 55.6 Å². The van der Waals surface area contributed by atoms with E-state index in [1.807, 2.05) is 25.1 Å². The number of aromatic nitrogens is 2. The Bertz CT molecular complexity index is 627. The van der Waals surface area contributed by atoms with Crippen LogP contribution >= 0.6 is 0 Å². The molecule has 0 radical (unpaired) electrons. The zero-order valence-electron chi connectivity index (χ0n) is 11.1. The van der Waals surface area contributed by atoms with Crippen molar-refractivity contribution in [2.45, 2.75) is 25.8 Å². The number of hydrogen-bond acceptors (Lipinski definition) is 4. The Balaban J connectivity index is 2.23. The van der Waals surface area contributed by atoms with Crippen LogP contribution in [0.5, 0.6) is 0 Å². The van der Waals surface area contributed by atoms with Gasteiger partial charge in [0.25, 0.3) is 0 Å². The summed E-state index contributed by atoms with van der Waals surface area (Å²) in [4.78, 5) is 16.4. The van der Waals surface area contributed by atoms with Crippen LogP contribution in [0.4, 0.5) is 0 Å². The normalized spacial score (nSPS) is 18.9. The third-order valence-corrected chi connectivity index (χ3v) is 3.63. The van der Waals surface area contributed by atoms with Gasteiger partial charge in [0, 0.05) is 5.69 Å². The molecule has 1 N–H and O–H groups in total. The molecule has 3 heterocycles. The van der Waals surface area contributed by atoms with Crippen molar-refractivity contribution in [3.8, 4) is 0 Å². The van der Waals surface area contributed by atoms with Gasteiger partial charge in [-0.3, -0.25) is 4.40 Å². The number of fused-ring (bicyclic) bond motifs is 1. The molecule has 0 aromatic carbocycles. The first-order valence-electron chi connectivity index (χ1n) is 6.52. The summed E-state index contributed by atoms with van der Waals surface area (Å²) in [5.74, 6) is 0.526. The Labute approximate surface area is 111 Å². The summed E-state index contributed by atoms with van der Waals surface area (Å²) in [5.41, 5.74) is 2.29. The molecule has 1 aliphatic rings. The van der Waals surface area contributed by atoms with Gasteiger partial charge < -0.3 is 10.1 Å². The zero-order valence-corrected chi connectivity index (χ0v) is 11.1. The summed E-state index contributed by atoms with van der Waals surface area (Å²) in [6.07, 6.45) is 2.19. The van der Waals surface area contributed by atoms with Crippen molar-refractivity contribution >= 4 is 11.5 Å². The lowest BCUT2D eigenvalue weighted by Gasteiger charge is -2.10. The highest BCUT2D eigenvalue weighted by Crippen LogP contribution is 2.26. The third kappa shape index (κ3) is 1.90. The molecular weight excluding hydrogens is 242 g/mol. The molecule has 1 fully saturated rings. The maximum atomic E-state index is 11.8. The number of ether oxygens (including phenoxy) is 1. The molecule has 0 amide bonds. The van der Waals surface area contributed by atoms with E-state index in [2.05, 4.69) is 14.7 Å². The molecule has 2 aromatic rings. The van der Waals surface area contributed by atoms with Gasteiger partial charge in [-0.1, -0.05) is 6.07 Å². The lowest BCUT2D eigenvalue weighted by Crippen LogP contribution is -2.16. The lowest BCUT2D eigenvalue weighted by atomic mass is 10.2. The molecule has 19 heavy (non-hydrogen) atoms. The number of aryl methyl sites for hydroxylation is 1. The highest BCUT2D eigenvalue weighted by atomic mass is 16.5. The van der Waals surface area contributed by atoms with Crippen molar-refractivity contribution in [2.24, 2.45) is 0 Å². The third-order valence-electron chi connectivity index (χ3n) is 3.63. The molecule has 0 saturated carbocycles. The number of nitrogens with zero attached hydrogens (tertiary/aromatic N) is 2. The van der Waals surface area contributed by atoms with Crippen molar-refractivity contribution in [1.29, 1.82) is 0 Å². The first-order chi connectivity index (χ1) is 9.22. The summed E-state index contributed by atoms with van der Waals surface area (Å²) < 4.78 is 6.88. The number of esters is 1. The lowest BCUT2D eigenvalue weighted by molar-refractivity contribution is 0.0596. The van der Waals surface area contributed by atoms with Gasteiger partial charge in [0.1, 0.15) is 5.82 Å². The molecule has 3 rings (SSSR count). The van der Waals surface area contributed by atoms with Crippen LogP contribution in [0.25, 0.3) is 5.52 Å². The molecule has 5 nitrogen and oxygen atoms in total. The number of pyridine rings is 1. The fourth-order valence-electron chi connectivity index (χ4n) is 2.71. The van der Waals surface area contributed by atoms with Crippen LogP contribution in [-0.2, 0) is 4.74 Å². The van der Waals surface area contributed by atoms with E-state index in [0.29, 0.717) is 5.69 Å². The van der Waals surface area contributed by atoms with E-state index < -0.39 is 0 Å². The molecule has 1 unspecified atom stereocenters. The minimum Gasteiger partial charge on any atom is -0.464 e. The van der Waals surface area contributed by atoms with Crippen LogP contribution in [0, 0.1) is 6.92 Å². The van der Waals surface area contributed by atoms with Gasteiger partial charge in [-0.25, -0.2) is 9.78 Å². The van der Waals surface area contributed by atoms with Crippen molar-refractivity contribution in [1.82, 2.24) is 14.7 Å². The molecule has 1 saturated heterocycles. The smallest absolute Gasteiger partial charge is 0.358 e. The van der Waals surface area contributed by atoms with Gasteiger partial charge in [0.05, 0.1) is 18.7 Å². The number of nitrogens with one attached hydrogen (secondary N) is 1. The second-order valence-electron chi connectivity index (χ2n) is 4.85. The molecule has 1 aliphatic heterocycles. The van der Waals surface area contributed by atoms with Gasteiger partial charge in [-0.15, -0.1) is 0 Å². The molecule has 1 atom stereocenters. The summed E-state index contributed by atoms with van der Waals surface area (Å²) in [6.45, 7) is 3.02. The second kappa shape index (κ2) is 4.66. The number of hydrogen-bond donors (Lipinski definition) is 1. The predicted octanol–water partition coefficient (Wildman–Crippen LogP) is 1.85. The molecule has 100 valence electrons.